The summed E-state index contributed by atoms with van der Waals surface area (Å²) < 4.78 is 13.2. The lowest BCUT2D eigenvalue weighted by Crippen LogP contribution is -2.51. The van der Waals surface area contributed by atoms with Crippen LogP contribution in [0.4, 0.5) is 10.3 Å². The van der Waals surface area contributed by atoms with Crippen molar-refractivity contribution in [2.24, 2.45) is 0 Å². The molecule has 1 aliphatic carbocycles. The Morgan fingerprint density at radius 1 is 1.09 bits per heavy atom. The van der Waals surface area contributed by atoms with Crippen molar-refractivity contribution in [3.05, 3.63) is 36.3 Å². The van der Waals surface area contributed by atoms with Crippen LogP contribution < -0.4 is 10.2 Å². The lowest BCUT2D eigenvalue weighted by molar-refractivity contribution is -0.130. The van der Waals surface area contributed by atoms with E-state index < -0.39 is 0 Å². The highest BCUT2D eigenvalue weighted by atomic mass is 19.1. The highest BCUT2D eigenvalue weighted by Gasteiger charge is 2.27. The molecule has 2 amide bonds. The minimum Gasteiger partial charge on any atom is -0.352 e. The molecule has 1 aliphatic heterocycles. The zero-order valence-corrected chi connectivity index (χ0v) is 19.8. The van der Waals surface area contributed by atoms with Crippen LogP contribution in [0, 0.1) is 5.82 Å². The summed E-state index contributed by atoms with van der Waals surface area (Å²) in [5, 5.41) is 11.4. The van der Waals surface area contributed by atoms with Gasteiger partial charge in [0.05, 0.1) is 18.4 Å². The van der Waals surface area contributed by atoms with E-state index in [2.05, 4.69) is 30.3 Å². The van der Waals surface area contributed by atoms with Gasteiger partial charge in [0.25, 0.3) is 0 Å². The molecule has 2 aromatic rings. The quantitative estimate of drug-likeness (QED) is 0.688. The van der Waals surface area contributed by atoms with Crippen LogP contribution in [0.5, 0.6) is 0 Å². The fourth-order valence-electron chi connectivity index (χ4n) is 4.63. The number of nitrogens with zero attached hydrogens (tertiary/aromatic N) is 6. The van der Waals surface area contributed by atoms with E-state index in [0.717, 1.165) is 44.3 Å². The number of carbonyl (C=O) groups is 2. The van der Waals surface area contributed by atoms with Crippen molar-refractivity contribution in [3.63, 3.8) is 0 Å². The number of rotatable bonds is 6. The number of carbonyl (C=O) groups excluding carboxylic acids is 2. The molecular weight excluding hydrogens is 437 g/mol. The molecule has 1 aromatic carbocycles. The summed E-state index contributed by atoms with van der Waals surface area (Å²) in [7, 11) is 1.85. The standard InChI is InChI=1S/C24H32FN7O2/c1-17(33)30(2)21-9-7-20(8-10-21)27-23(34)16-31-11-13-32(14-12-31)24-28-22(15-26-29-24)18-3-5-19(25)6-4-18/h3-6,15,20-21H,7-14,16H2,1-2H3,(H,27,34). The number of halogens is 1. The van der Waals surface area contributed by atoms with Crippen molar-refractivity contribution in [1.29, 1.82) is 0 Å². The number of piperazine rings is 1. The number of hydrogen-bond acceptors (Lipinski definition) is 7. The fraction of sp³-hybridized carbons (Fsp3) is 0.542. The van der Waals surface area contributed by atoms with Crippen LogP contribution in [0.15, 0.2) is 30.5 Å². The molecule has 0 radical (unpaired) electrons. The molecule has 4 rings (SSSR count). The van der Waals surface area contributed by atoms with E-state index in [-0.39, 0.29) is 29.7 Å². The summed E-state index contributed by atoms with van der Waals surface area (Å²) >= 11 is 0. The van der Waals surface area contributed by atoms with Gasteiger partial charge in [0.1, 0.15) is 5.82 Å². The van der Waals surface area contributed by atoms with Gasteiger partial charge < -0.3 is 15.1 Å². The van der Waals surface area contributed by atoms with Crippen molar-refractivity contribution < 1.29 is 14.0 Å². The Labute approximate surface area is 199 Å². The van der Waals surface area contributed by atoms with E-state index in [4.69, 9.17) is 0 Å². The van der Waals surface area contributed by atoms with Gasteiger partial charge in [0, 0.05) is 57.8 Å². The summed E-state index contributed by atoms with van der Waals surface area (Å²) in [6, 6.07) is 6.60. The molecular formula is C24H32FN7O2. The molecule has 2 heterocycles. The van der Waals surface area contributed by atoms with E-state index >= 15 is 0 Å². The molecule has 1 N–H and O–H groups in total. The SMILES string of the molecule is CC(=O)N(C)C1CCC(NC(=O)CN2CCN(c3nncc(-c4ccc(F)cc4)n3)CC2)CC1. The fourth-order valence-corrected chi connectivity index (χ4v) is 4.63. The average Bonchev–Trinajstić information content (AvgIpc) is 2.85. The van der Waals surface area contributed by atoms with Gasteiger partial charge in [0.2, 0.25) is 17.8 Å². The summed E-state index contributed by atoms with van der Waals surface area (Å²) in [5.74, 6) is 0.390. The second kappa shape index (κ2) is 10.9. The highest BCUT2D eigenvalue weighted by molar-refractivity contribution is 5.78. The van der Waals surface area contributed by atoms with Crippen molar-refractivity contribution in [3.8, 4) is 11.3 Å². The number of amides is 2. The van der Waals surface area contributed by atoms with E-state index in [9.17, 15) is 14.0 Å². The molecule has 10 heteroatoms. The summed E-state index contributed by atoms with van der Waals surface area (Å²) in [6.45, 7) is 4.82. The maximum absolute atomic E-state index is 13.2. The van der Waals surface area contributed by atoms with Crippen LogP contribution in [-0.2, 0) is 9.59 Å². The minimum atomic E-state index is -0.292. The Bertz CT molecular complexity index is 987. The Morgan fingerprint density at radius 2 is 1.76 bits per heavy atom. The van der Waals surface area contributed by atoms with E-state index in [0.29, 0.717) is 31.3 Å². The van der Waals surface area contributed by atoms with Crippen molar-refractivity contribution >= 4 is 17.8 Å². The number of benzene rings is 1. The van der Waals surface area contributed by atoms with Gasteiger partial charge in [-0.3, -0.25) is 14.5 Å². The first kappa shape index (κ1) is 24.0. The Morgan fingerprint density at radius 3 is 2.41 bits per heavy atom. The van der Waals surface area contributed by atoms with Crippen molar-refractivity contribution in [2.75, 3.05) is 44.7 Å². The van der Waals surface area contributed by atoms with Gasteiger partial charge >= 0.3 is 0 Å². The van der Waals surface area contributed by atoms with Gasteiger partial charge in [-0.05, 0) is 49.9 Å². The van der Waals surface area contributed by atoms with Gasteiger partial charge in [-0.25, -0.2) is 9.37 Å². The summed E-state index contributed by atoms with van der Waals surface area (Å²) in [6.07, 6.45) is 5.21. The monoisotopic (exact) mass is 469 g/mol. The lowest BCUT2D eigenvalue weighted by Gasteiger charge is -2.36. The molecule has 9 nitrogen and oxygen atoms in total. The van der Waals surface area contributed by atoms with Crippen LogP contribution in [0.3, 0.4) is 0 Å². The van der Waals surface area contributed by atoms with Crippen LogP contribution >= 0.6 is 0 Å². The topological polar surface area (TPSA) is 94.6 Å². The van der Waals surface area contributed by atoms with Gasteiger partial charge in [-0.15, -0.1) is 5.10 Å². The Hall–Kier alpha value is -3.14. The van der Waals surface area contributed by atoms with Crippen molar-refractivity contribution in [2.45, 2.75) is 44.7 Å². The molecule has 34 heavy (non-hydrogen) atoms. The van der Waals surface area contributed by atoms with Gasteiger partial charge in [-0.2, -0.15) is 5.10 Å². The largest absolute Gasteiger partial charge is 0.352 e. The number of anilines is 1. The van der Waals surface area contributed by atoms with Crippen molar-refractivity contribution in [1.82, 2.24) is 30.3 Å². The van der Waals surface area contributed by atoms with Gasteiger partial charge in [0.15, 0.2) is 0 Å². The third kappa shape index (κ3) is 6.05. The molecule has 2 aliphatic rings. The zero-order valence-electron chi connectivity index (χ0n) is 19.8. The number of aromatic nitrogens is 3. The third-order valence-corrected chi connectivity index (χ3v) is 6.82. The highest BCUT2D eigenvalue weighted by Crippen LogP contribution is 2.23. The predicted octanol–water partition coefficient (Wildman–Crippen LogP) is 1.71. The van der Waals surface area contributed by atoms with E-state index in [1.165, 1.54) is 12.1 Å². The molecule has 0 bridgehead atoms. The molecule has 2 fully saturated rings. The second-order valence-electron chi connectivity index (χ2n) is 9.11. The molecule has 0 spiro atoms. The maximum Gasteiger partial charge on any atom is 0.245 e. The van der Waals surface area contributed by atoms with Gasteiger partial charge in [-0.1, -0.05) is 0 Å². The minimum absolute atomic E-state index is 0.0491. The predicted molar refractivity (Wildman–Crippen MR) is 127 cm³/mol. The van der Waals surface area contributed by atoms with Crippen LogP contribution in [0.25, 0.3) is 11.3 Å². The zero-order chi connectivity index (χ0) is 24.1. The average molecular weight is 470 g/mol. The first-order chi connectivity index (χ1) is 16.4. The van der Waals surface area contributed by atoms with Crippen LogP contribution in [0.1, 0.15) is 32.6 Å². The normalized spacial score (nSPS) is 21.2. The first-order valence-corrected chi connectivity index (χ1v) is 11.8. The Kier molecular flexibility index (Phi) is 7.66. The lowest BCUT2D eigenvalue weighted by atomic mass is 9.90. The molecule has 1 saturated carbocycles. The van der Waals surface area contributed by atoms with Crippen LogP contribution in [-0.4, -0.2) is 88.7 Å². The summed E-state index contributed by atoms with van der Waals surface area (Å²) in [4.78, 5) is 34.7. The third-order valence-electron chi connectivity index (χ3n) is 6.82. The molecule has 0 unspecified atom stereocenters. The molecule has 0 atom stereocenters. The summed E-state index contributed by atoms with van der Waals surface area (Å²) in [5.41, 5.74) is 1.44. The van der Waals surface area contributed by atoms with Crippen LogP contribution in [0.2, 0.25) is 0 Å². The number of nitrogens with one attached hydrogen (secondary N) is 1. The van der Waals surface area contributed by atoms with E-state index in [1.807, 2.05) is 11.9 Å². The molecule has 1 saturated heterocycles. The first-order valence-electron chi connectivity index (χ1n) is 11.8. The Balaban J connectivity index is 1.22. The maximum atomic E-state index is 13.2. The molecule has 182 valence electrons. The smallest absolute Gasteiger partial charge is 0.245 e. The second-order valence-corrected chi connectivity index (χ2v) is 9.11. The number of hydrogen-bond donors (Lipinski definition) is 1. The van der Waals surface area contributed by atoms with E-state index in [1.54, 1.807) is 25.3 Å². The molecule has 1 aromatic heterocycles.